The van der Waals surface area contributed by atoms with Crippen molar-refractivity contribution in [3.63, 3.8) is 0 Å². The van der Waals surface area contributed by atoms with Crippen LogP contribution in [0.3, 0.4) is 0 Å². The Bertz CT molecular complexity index is 1490. The quantitative estimate of drug-likeness (QED) is 0.315. The fourth-order valence-electron chi connectivity index (χ4n) is 3.86. The minimum atomic E-state index is -3.55. The van der Waals surface area contributed by atoms with Crippen LogP contribution in [0.2, 0.25) is 0 Å². The van der Waals surface area contributed by atoms with Gasteiger partial charge in [-0.2, -0.15) is 0 Å². The summed E-state index contributed by atoms with van der Waals surface area (Å²) in [5, 5.41) is 5.05. The lowest BCUT2D eigenvalue weighted by Gasteiger charge is -2.18. The average Bonchev–Trinajstić information content (AvgIpc) is 2.90. The molecule has 4 aromatic carbocycles. The van der Waals surface area contributed by atoms with Crippen LogP contribution in [-0.4, -0.2) is 39.0 Å². The van der Waals surface area contributed by atoms with E-state index in [0.717, 1.165) is 28.2 Å². The first-order valence-corrected chi connectivity index (χ1v) is 13.7. The minimum absolute atomic E-state index is 0.240. The molecule has 0 spiro atoms. The smallest absolute Gasteiger partial charge is 0.251 e. The average molecular weight is 517 g/mol. The molecular weight excluding hydrogens is 488 g/mol. The van der Waals surface area contributed by atoms with Gasteiger partial charge in [0.05, 0.1) is 18.8 Å². The molecule has 0 aliphatic heterocycles. The van der Waals surface area contributed by atoms with Crippen LogP contribution in [0.1, 0.15) is 21.5 Å². The van der Waals surface area contributed by atoms with Crippen LogP contribution in [0.5, 0.6) is 5.75 Å². The van der Waals surface area contributed by atoms with Crippen molar-refractivity contribution in [1.82, 2.24) is 10.0 Å². The van der Waals surface area contributed by atoms with Crippen LogP contribution < -0.4 is 14.8 Å². The predicted octanol–water partition coefficient (Wildman–Crippen LogP) is 3.88. The van der Waals surface area contributed by atoms with Gasteiger partial charge in [-0.15, -0.1) is 0 Å². The van der Waals surface area contributed by atoms with E-state index in [4.69, 9.17) is 4.74 Å². The number of nitrogens with one attached hydrogen (secondary N) is 2. The van der Waals surface area contributed by atoms with E-state index in [2.05, 4.69) is 34.3 Å². The minimum Gasteiger partial charge on any atom is -0.489 e. The van der Waals surface area contributed by atoms with Gasteiger partial charge in [-0.3, -0.25) is 9.59 Å². The number of amides is 1. The van der Waals surface area contributed by atoms with Gasteiger partial charge in [-0.05, 0) is 58.7 Å². The van der Waals surface area contributed by atoms with E-state index in [1.807, 2.05) is 48.5 Å². The Morgan fingerprint density at radius 1 is 0.811 bits per heavy atom. The Morgan fingerprint density at radius 3 is 2.19 bits per heavy atom. The summed E-state index contributed by atoms with van der Waals surface area (Å²) in [7, 11) is -3.55. The van der Waals surface area contributed by atoms with E-state index in [1.165, 1.54) is 0 Å². The van der Waals surface area contributed by atoms with Crippen molar-refractivity contribution in [2.75, 3.05) is 12.8 Å². The maximum Gasteiger partial charge on any atom is 0.251 e. The Balaban J connectivity index is 1.39. The summed E-state index contributed by atoms with van der Waals surface area (Å²) in [5.41, 5.74) is 2.24. The van der Waals surface area contributed by atoms with Crippen molar-refractivity contribution >= 4 is 32.5 Å². The Kier molecular flexibility index (Phi) is 8.32. The normalized spacial score (nSPS) is 12.1. The SMILES string of the molecule is CS(=O)(=O)NCC(=O)[C@H](Cc1ccccc1)NC(=O)c1ccc(OCc2ccc3ccccc3c2)cc1. The molecule has 0 aliphatic rings. The van der Waals surface area contributed by atoms with E-state index in [0.29, 0.717) is 17.9 Å². The van der Waals surface area contributed by atoms with Crippen molar-refractivity contribution in [2.24, 2.45) is 0 Å². The number of ketones is 1. The van der Waals surface area contributed by atoms with E-state index in [-0.39, 0.29) is 6.42 Å². The van der Waals surface area contributed by atoms with Gasteiger partial charge in [-0.25, -0.2) is 13.1 Å². The summed E-state index contributed by atoms with van der Waals surface area (Å²) in [6.07, 6.45) is 1.22. The largest absolute Gasteiger partial charge is 0.489 e. The van der Waals surface area contributed by atoms with E-state index < -0.39 is 34.3 Å². The number of ether oxygens (including phenoxy) is 1. The molecule has 37 heavy (non-hydrogen) atoms. The summed E-state index contributed by atoms with van der Waals surface area (Å²) in [6.45, 7) is -0.0183. The van der Waals surface area contributed by atoms with Crippen molar-refractivity contribution in [3.05, 3.63) is 114 Å². The van der Waals surface area contributed by atoms with E-state index >= 15 is 0 Å². The molecule has 4 aromatic rings. The molecule has 0 heterocycles. The highest BCUT2D eigenvalue weighted by Gasteiger charge is 2.22. The van der Waals surface area contributed by atoms with Gasteiger partial charge in [0.15, 0.2) is 5.78 Å². The summed E-state index contributed by atoms with van der Waals surface area (Å²) in [4.78, 5) is 25.7. The molecule has 190 valence electrons. The summed E-state index contributed by atoms with van der Waals surface area (Å²) in [6, 6.07) is 29.3. The molecule has 1 amide bonds. The third kappa shape index (κ3) is 7.73. The molecule has 0 radical (unpaired) electrons. The van der Waals surface area contributed by atoms with Gasteiger partial charge in [0.1, 0.15) is 12.4 Å². The number of sulfonamides is 1. The van der Waals surface area contributed by atoms with Crippen molar-refractivity contribution in [1.29, 1.82) is 0 Å². The van der Waals surface area contributed by atoms with Gasteiger partial charge in [0, 0.05) is 5.56 Å². The molecular formula is C29H28N2O5S. The zero-order valence-corrected chi connectivity index (χ0v) is 21.2. The number of fused-ring (bicyclic) bond motifs is 1. The fourth-order valence-corrected chi connectivity index (χ4v) is 4.26. The molecule has 0 bridgehead atoms. The number of benzene rings is 4. The van der Waals surface area contributed by atoms with Gasteiger partial charge in [0.2, 0.25) is 10.0 Å². The summed E-state index contributed by atoms with van der Waals surface area (Å²) < 4.78 is 30.9. The molecule has 1 atom stereocenters. The molecule has 0 saturated heterocycles. The molecule has 0 saturated carbocycles. The molecule has 0 aliphatic carbocycles. The second-order valence-corrected chi connectivity index (χ2v) is 10.6. The molecule has 7 nitrogen and oxygen atoms in total. The highest BCUT2D eigenvalue weighted by molar-refractivity contribution is 7.88. The van der Waals surface area contributed by atoms with Gasteiger partial charge >= 0.3 is 0 Å². The van der Waals surface area contributed by atoms with E-state index in [9.17, 15) is 18.0 Å². The highest BCUT2D eigenvalue weighted by atomic mass is 32.2. The van der Waals surface area contributed by atoms with Crippen LogP contribution >= 0.6 is 0 Å². The first-order chi connectivity index (χ1) is 17.8. The lowest BCUT2D eigenvalue weighted by molar-refractivity contribution is -0.119. The zero-order chi connectivity index (χ0) is 26.3. The molecule has 8 heteroatoms. The first-order valence-electron chi connectivity index (χ1n) is 11.8. The van der Waals surface area contributed by atoms with Gasteiger partial charge < -0.3 is 10.1 Å². The molecule has 0 unspecified atom stereocenters. The number of Topliss-reactive ketones (excluding diaryl/α,β-unsaturated/α-hetero) is 1. The monoisotopic (exact) mass is 516 g/mol. The predicted molar refractivity (Wildman–Crippen MR) is 144 cm³/mol. The number of hydrogen-bond donors (Lipinski definition) is 2. The number of rotatable bonds is 11. The first kappa shape index (κ1) is 26.1. The number of carbonyl (C=O) groups is 2. The zero-order valence-electron chi connectivity index (χ0n) is 20.4. The number of hydrogen-bond acceptors (Lipinski definition) is 5. The second-order valence-electron chi connectivity index (χ2n) is 8.77. The Hall–Kier alpha value is -4.01. The van der Waals surface area contributed by atoms with E-state index in [1.54, 1.807) is 24.3 Å². The van der Waals surface area contributed by atoms with Crippen LogP contribution in [0, 0.1) is 0 Å². The Labute approximate surface area is 216 Å². The Morgan fingerprint density at radius 2 is 1.49 bits per heavy atom. The van der Waals surface area contributed by atoms with Crippen LogP contribution in [0.4, 0.5) is 0 Å². The van der Waals surface area contributed by atoms with Crippen molar-refractivity contribution in [3.8, 4) is 5.75 Å². The van der Waals surface area contributed by atoms with Crippen LogP contribution in [0.25, 0.3) is 10.8 Å². The third-order valence-electron chi connectivity index (χ3n) is 5.82. The molecule has 0 aromatic heterocycles. The van der Waals surface area contributed by atoms with Crippen LogP contribution in [-0.2, 0) is 27.8 Å². The topological polar surface area (TPSA) is 102 Å². The van der Waals surface area contributed by atoms with Crippen LogP contribution in [0.15, 0.2) is 97.1 Å². The molecule has 4 rings (SSSR count). The van der Waals surface area contributed by atoms with Crippen molar-refractivity contribution in [2.45, 2.75) is 19.1 Å². The maximum absolute atomic E-state index is 12.9. The van der Waals surface area contributed by atoms with Gasteiger partial charge in [0.25, 0.3) is 5.91 Å². The third-order valence-corrected chi connectivity index (χ3v) is 6.49. The van der Waals surface area contributed by atoms with Crippen molar-refractivity contribution < 1.29 is 22.7 Å². The number of carbonyl (C=O) groups excluding carboxylic acids is 2. The molecule has 2 N–H and O–H groups in total. The molecule has 0 fully saturated rings. The summed E-state index contributed by atoms with van der Waals surface area (Å²) in [5.74, 6) is -0.258. The van der Waals surface area contributed by atoms with Gasteiger partial charge in [-0.1, -0.05) is 66.7 Å². The highest BCUT2D eigenvalue weighted by Crippen LogP contribution is 2.19. The lowest BCUT2D eigenvalue weighted by Crippen LogP contribution is -2.46. The second kappa shape index (κ2) is 11.8. The summed E-state index contributed by atoms with van der Waals surface area (Å²) >= 11 is 0. The lowest BCUT2D eigenvalue weighted by atomic mass is 10.0. The standard InChI is InChI=1S/C29H28N2O5S/c1-37(34,35)30-19-28(32)27(18-21-7-3-2-4-8-21)31-29(33)24-13-15-26(16-14-24)36-20-22-11-12-23-9-5-6-10-25(23)17-22/h2-17,27,30H,18-20H2,1H3,(H,31,33)/t27-/m0/s1. The fraction of sp³-hybridized carbons (Fsp3) is 0.172. The maximum atomic E-state index is 12.9.